The molecule has 1 aromatic carbocycles. The van der Waals surface area contributed by atoms with Gasteiger partial charge in [-0.3, -0.25) is 0 Å². The van der Waals surface area contributed by atoms with Crippen LogP contribution in [-0.4, -0.2) is 15.1 Å². The van der Waals surface area contributed by atoms with Gasteiger partial charge in [-0.2, -0.15) is 5.10 Å². The normalized spacial score (nSPS) is 8.50. The van der Waals surface area contributed by atoms with Crippen LogP contribution in [0.3, 0.4) is 0 Å². The fourth-order valence-corrected chi connectivity index (χ4v) is 1.25. The predicted molar refractivity (Wildman–Crippen MR) is 83.7 cm³/mol. The minimum atomic E-state index is 1.11. The highest BCUT2D eigenvalue weighted by Crippen LogP contribution is 2.08. The molecule has 0 N–H and O–H groups in total. The molecule has 0 aliphatic heterocycles. The summed E-state index contributed by atoms with van der Waals surface area (Å²) in [5.74, 6) is 0. The van der Waals surface area contributed by atoms with Crippen LogP contribution < -0.4 is 0 Å². The van der Waals surface area contributed by atoms with Crippen molar-refractivity contribution in [1.29, 1.82) is 0 Å². The van der Waals surface area contributed by atoms with E-state index in [2.05, 4.69) is 48.5 Å². The second-order valence-corrected chi connectivity index (χ2v) is 4.00. The third-order valence-electron chi connectivity index (χ3n) is 2.01. The molecule has 2 aromatic rings. The van der Waals surface area contributed by atoms with Crippen molar-refractivity contribution in [1.82, 2.24) is 9.78 Å². The Morgan fingerprint density at radius 2 is 1.56 bits per heavy atom. The van der Waals surface area contributed by atoms with Gasteiger partial charge in [0.2, 0.25) is 0 Å². The maximum absolute atomic E-state index is 4.27. The van der Waals surface area contributed by atoms with Crippen LogP contribution in [0.4, 0.5) is 0 Å². The van der Waals surface area contributed by atoms with Crippen LogP contribution in [0.5, 0.6) is 0 Å². The van der Waals surface area contributed by atoms with Crippen LogP contribution in [0.1, 0.15) is 31.9 Å². The Balaban J connectivity index is 0.000000509. The Kier molecular flexibility index (Phi) is 8.76. The third kappa shape index (κ3) is 5.73. The Labute approximate surface area is 116 Å². The molecule has 0 unspecified atom stereocenters. The van der Waals surface area contributed by atoms with Crippen LogP contribution in [0.2, 0.25) is 0 Å². The lowest BCUT2D eigenvalue weighted by Crippen LogP contribution is -1.93. The first-order valence-corrected chi connectivity index (χ1v) is 6.62. The summed E-state index contributed by atoms with van der Waals surface area (Å²) in [5.41, 5.74) is 3.56. The maximum atomic E-state index is 4.27. The van der Waals surface area contributed by atoms with Crippen LogP contribution in [0.25, 0.3) is 5.69 Å². The summed E-state index contributed by atoms with van der Waals surface area (Å²) in [4.78, 5) is 0. The summed E-state index contributed by atoms with van der Waals surface area (Å²) in [6.45, 7) is 9.94. The molecule has 1 aromatic heterocycles. The number of thiocarbonyl (C=S) groups is 1. The molecular weight excluding hydrogens is 240 g/mol. The van der Waals surface area contributed by atoms with Crippen LogP contribution >= 0.6 is 12.2 Å². The smallest absolute Gasteiger partial charge is 0.0645 e. The number of benzene rings is 1. The van der Waals surface area contributed by atoms with Gasteiger partial charge in [0.25, 0.3) is 0 Å². The van der Waals surface area contributed by atoms with E-state index >= 15 is 0 Å². The fraction of sp³-hybridized carbons (Fsp3) is 0.333. The second-order valence-electron chi connectivity index (χ2n) is 3.53. The van der Waals surface area contributed by atoms with Crippen molar-refractivity contribution >= 4 is 17.6 Å². The zero-order valence-corrected chi connectivity index (χ0v) is 12.7. The molecule has 1 heterocycles. The summed E-state index contributed by atoms with van der Waals surface area (Å²) in [5, 5.41) is 5.82. The molecule has 0 bridgehead atoms. The summed E-state index contributed by atoms with van der Waals surface area (Å²) in [6, 6.07) is 8.32. The molecule has 98 valence electrons. The van der Waals surface area contributed by atoms with Crippen molar-refractivity contribution in [3.8, 4) is 5.69 Å². The monoisotopic (exact) mass is 262 g/mol. The molecule has 0 saturated carbocycles. The molecule has 18 heavy (non-hydrogen) atoms. The predicted octanol–water partition coefficient (Wildman–Crippen LogP) is 4.52. The van der Waals surface area contributed by atoms with Crippen LogP contribution in [-0.2, 0) is 0 Å². The number of rotatable bonds is 1. The van der Waals surface area contributed by atoms with E-state index in [1.807, 2.05) is 44.8 Å². The molecule has 2 nitrogen and oxygen atoms in total. The largest absolute Gasteiger partial charge is 0.241 e. The topological polar surface area (TPSA) is 17.8 Å². The summed E-state index contributed by atoms with van der Waals surface area (Å²) in [7, 11) is 0. The van der Waals surface area contributed by atoms with Gasteiger partial charge >= 0.3 is 0 Å². The van der Waals surface area contributed by atoms with Gasteiger partial charge in [0.15, 0.2) is 0 Å². The lowest BCUT2D eigenvalue weighted by molar-refractivity contribution is 0.880. The lowest BCUT2D eigenvalue weighted by Gasteiger charge is -2.00. The lowest BCUT2D eigenvalue weighted by atomic mass is 10.2. The van der Waals surface area contributed by atoms with Gasteiger partial charge in [0.05, 0.1) is 11.9 Å². The fourth-order valence-electron chi connectivity index (χ4n) is 1.25. The number of aryl methyl sites for hydroxylation is 2. The average Bonchev–Trinajstić information content (AvgIpc) is 2.80. The second kappa shape index (κ2) is 9.54. The van der Waals surface area contributed by atoms with Crippen LogP contribution in [0.15, 0.2) is 36.7 Å². The Hall–Kier alpha value is -1.48. The van der Waals surface area contributed by atoms with Gasteiger partial charge in [-0.05, 0) is 43.8 Å². The first kappa shape index (κ1) is 16.5. The van der Waals surface area contributed by atoms with E-state index < -0.39 is 0 Å². The van der Waals surface area contributed by atoms with Crippen molar-refractivity contribution in [3.63, 3.8) is 0 Å². The Bertz CT molecular complexity index is 444. The standard InChI is InChI=1S/C11H12N2.C2H4S.C2H6/c1-9-3-5-11(6-4-9)13-8-10(2)7-12-13;1-2-3;1-2/h3-8H,1-2H3;2H,1H3;1-2H3. The molecule has 0 saturated heterocycles. The summed E-state index contributed by atoms with van der Waals surface area (Å²) < 4.78 is 1.88. The molecule has 3 heteroatoms. The Morgan fingerprint density at radius 3 is 1.94 bits per heavy atom. The third-order valence-corrected chi connectivity index (χ3v) is 2.01. The van der Waals surface area contributed by atoms with Gasteiger partial charge in [0.1, 0.15) is 0 Å². The minimum absolute atomic E-state index is 1.11. The zero-order chi connectivity index (χ0) is 14.0. The highest BCUT2D eigenvalue weighted by Gasteiger charge is 1.96. The van der Waals surface area contributed by atoms with Gasteiger partial charge < -0.3 is 0 Å². The first-order valence-electron chi connectivity index (χ1n) is 6.15. The minimum Gasteiger partial charge on any atom is -0.241 e. The number of hydrogen-bond donors (Lipinski definition) is 0. The van der Waals surface area contributed by atoms with E-state index in [1.54, 1.807) is 5.37 Å². The molecule has 0 radical (unpaired) electrons. The molecule has 0 aliphatic carbocycles. The zero-order valence-electron chi connectivity index (χ0n) is 11.8. The Morgan fingerprint density at radius 1 is 1.06 bits per heavy atom. The number of aromatic nitrogens is 2. The van der Waals surface area contributed by atoms with Crippen molar-refractivity contribution in [2.45, 2.75) is 34.6 Å². The first-order chi connectivity index (χ1) is 8.67. The van der Waals surface area contributed by atoms with Crippen molar-refractivity contribution in [2.24, 2.45) is 0 Å². The summed E-state index contributed by atoms with van der Waals surface area (Å²) >= 11 is 4.27. The SMILES string of the molecule is CC.CC=S.Cc1ccc(-n2cc(C)cn2)cc1. The van der Waals surface area contributed by atoms with E-state index in [-0.39, 0.29) is 0 Å². The number of nitrogens with zero attached hydrogens (tertiary/aromatic N) is 2. The maximum Gasteiger partial charge on any atom is 0.0645 e. The summed E-state index contributed by atoms with van der Waals surface area (Å²) in [6.07, 6.45) is 3.88. The molecular formula is C15H22N2S. The van der Waals surface area contributed by atoms with E-state index in [0.717, 1.165) is 5.69 Å². The van der Waals surface area contributed by atoms with Gasteiger partial charge in [-0.25, -0.2) is 4.68 Å². The van der Waals surface area contributed by atoms with Crippen molar-refractivity contribution in [3.05, 3.63) is 47.8 Å². The van der Waals surface area contributed by atoms with E-state index in [9.17, 15) is 0 Å². The van der Waals surface area contributed by atoms with Crippen LogP contribution in [0, 0.1) is 13.8 Å². The van der Waals surface area contributed by atoms with Crippen molar-refractivity contribution < 1.29 is 0 Å². The number of hydrogen-bond acceptors (Lipinski definition) is 2. The molecule has 0 amide bonds. The van der Waals surface area contributed by atoms with Gasteiger partial charge in [-0.1, -0.05) is 43.8 Å². The highest BCUT2D eigenvalue weighted by atomic mass is 32.1. The average molecular weight is 262 g/mol. The molecule has 2 rings (SSSR count). The van der Waals surface area contributed by atoms with E-state index in [0.29, 0.717) is 0 Å². The van der Waals surface area contributed by atoms with Crippen molar-refractivity contribution in [2.75, 3.05) is 0 Å². The molecule has 0 spiro atoms. The quantitative estimate of drug-likeness (QED) is 0.703. The molecule has 0 aliphatic rings. The highest BCUT2D eigenvalue weighted by molar-refractivity contribution is 7.78. The van der Waals surface area contributed by atoms with E-state index in [4.69, 9.17) is 0 Å². The molecule has 0 atom stereocenters. The van der Waals surface area contributed by atoms with Gasteiger partial charge in [-0.15, -0.1) is 0 Å². The van der Waals surface area contributed by atoms with E-state index in [1.165, 1.54) is 11.1 Å². The molecule has 0 fully saturated rings. The van der Waals surface area contributed by atoms with Gasteiger partial charge in [0, 0.05) is 6.20 Å².